The number of benzene rings is 1. The van der Waals surface area contributed by atoms with Gasteiger partial charge in [0.1, 0.15) is 0 Å². The summed E-state index contributed by atoms with van der Waals surface area (Å²) in [4.78, 5) is 2.63. The number of nitrogens with one attached hydrogen (secondary N) is 1. The molecule has 98 valence electrons. The molecule has 4 rings (SSSR count). The number of fused-ring (bicyclic) bond motifs is 2. The van der Waals surface area contributed by atoms with E-state index < -0.39 is 0 Å². The molecule has 2 aliphatic rings. The number of nitrogens with zero attached hydrogens (tertiary/aromatic N) is 3. The van der Waals surface area contributed by atoms with Crippen LogP contribution in [0.3, 0.4) is 0 Å². The average Bonchev–Trinajstić information content (AvgIpc) is 2.95. The third kappa shape index (κ3) is 2.00. The van der Waals surface area contributed by atoms with Gasteiger partial charge in [0, 0.05) is 15.4 Å². The Balaban J connectivity index is 1.74. The van der Waals surface area contributed by atoms with E-state index in [1.54, 1.807) is 0 Å². The van der Waals surface area contributed by atoms with Gasteiger partial charge < -0.3 is 0 Å². The van der Waals surface area contributed by atoms with Crippen LogP contribution in [0, 0.1) is 0 Å². The van der Waals surface area contributed by atoms with E-state index >= 15 is 0 Å². The molecule has 0 bridgehead atoms. The summed E-state index contributed by atoms with van der Waals surface area (Å²) in [6.45, 7) is 0. The molecule has 0 saturated heterocycles. The third-order valence-corrected chi connectivity index (χ3v) is 4.74. The molecular formula is C15H12N4S. The van der Waals surface area contributed by atoms with Gasteiger partial charge in [0.15, 0.2) is 5.82 Å². The zero-order valence-corrected chi connectivity index (χ0v) is 11.5. The van der Waals surface area contributed by atoms with E-state index in [9.17, 15) is 0 Å². The molecule has 2 heterocycles. The highest BCUT2D eigenvalue weighted by Crippen LogP contribution is 2.42. The van der Waals surface area contributed by atoms with E-state index in [4.69, 9.17) is 0 Å². The molecule has 0 fully saturated rings. The fourth-order valence-electron chi connectivity index (χ4n) is 2.46. The van der Waals surface area contributed by atoms with Crippen LogP contribution in [0.5, 0.6) is 0 Å². The van der Waals surface area contributed by atoms with Crippen LogP contribution in [0.15, 0.2) is 57.9 Å². The van der Waals surface area contributed by atoms with Crippen LogP contribution in [0.2, 0.25) is 0 Å². The fraction of sp³-hybridized carbons (Fsp3) is 0.133. The second-order valence-electron chi connectivity index (χ2n) is 4.77. The fourth-order valence-corrected chi connectivity index (χ4v) is 3.61. The maximum atomic E-state index is 3.99. The molecule has 4 nitrogen and oxygen atoms in total. The molecule has 0 atom stereocenters. The van der Waals surface area contributed by atoms with E-state index in [-0.39, 0.29) is 0 Å². The Hall–Kier alpha value is -2.14. The number of tetrazole rings is 1. The summed E-state index contributed by atoms with van der Waals surface area (Å²) in [5, 5.41) is 14.1. The van der Waals surface area contributed by atoms with Crippen LogP contribution >= 0.6 is 11.8 Å². The van der Waals surface area contributed by atoms with Gasteiger partial charge in [-0.1, -0.05) is 42.1 Å². The maximum absolute atomic E-state index is 3.99. The number of hydrogen-bond acceptors (Lipinski definition) is 4. The van der Waals surface area contributed by atoms with Crippen molar-refractivity contribution in [3.8, 4) is 0 Å². The molecule has 5 heteroatoms. The number of thioether (sulfide) groups is 1. The van der Waals surface area contributed by atoms with Crippen LogP contribution in [-0.2, 0) is 6.42 Å². The Kier molecular flexibility index (Phi) is 2.77. The minimum Gasteiger partial charge on any atom is -0.239 e. The molecule has 0 saturated carbocycles. The second kappa shape index (κ2) is 4.76. The smallest absolute Gasteiger partial charge is 0.179 e. The predicted octanol–water partition coefficient (Wildman–Crippen LogP) is 3.15. The largest absolute Gasteiger partial charge is 0.239 e. The molecule has 1 aliphatic heterocycles. The van der Waals surface area contributed by atoms with Gasteiger partial charge in [-0.15, -0.1) is 5.10 Å². The first-order chi connectivity index (χ1) is 9.90. The first kappa shape index (κ1) is 11.7. The lowest BCUT2D eigenvalue weighted by Crippen LogP contribution is -1.95. The van der Waals surface area contributed by atoms with Crippen molar-refractivity contribution in [3.05, 3.63) is 64.4 Å². The summed E-state index contributed by atoms with van der Waals surface area (Å²) < 4.78 is 0. The quantitative estimate of drug-likeness (QED) is 0.872. The van der Waals surface area contributed by atoms with Crippen molar-refractivity contribution >= 4 is 17.3 Å². The molecule has 1 N–H and O–H groups in total. The zero-order chi connectivity index (χ0) is 13.4. The van der Waals surface area contributed by atoms with E-state index in [1.807, 2.05) is 11.8 Å². The van der Waals surface area contributed by atoms with Crippen molar-refractivity contribution in [3.63, 3.8) is 0 Å². The predicted molar refractivity (Wildman–Crippen MR) is 78.9 cm³/mol. The number of H-pyrrole nitrogens is 1. The Bertz CT molecular complexity index is 741. The van der Waals surface area contributed by atoms with Crippen molar-refractivity contribution in [1.82, 2.24) is 20.6 Å². The Morgan fingerprint density at radius 2 is 2.05 bits per heavy atom. The molecule has 0 amide bonds. The minimum atomic E-state index is 0.731. The van der Waals surface area contributed by atoms with Crippen molar-refractivity contribution in [2.75, 3.05) is 0 Å². The van der Waals surface area contributed by atoms with E-state index in [2.05, 4.69) is 63.1 Å². The van der Waals surface area contributed by atoms with Crippen LogP contribution in [0.25, 0.3) is 5.57 Å². The zero-order valence-electron chi connectivity index (χ0n) is 10.7. The van der Waals surface area contributed by atoms with Gasteiger partial charge in [0.25, 0.3) is 0 Å². The molecule has 1 aromatic heterocycles. The highest BCUT2D eigenvalue weighted by atomic mass is 32.2. The summed E-state index contributed by atoms with van der Waals surface area (Å²) >= 11 is 1.83. The monoisotopic (exact) mass is 280 g/mol. The number of allylic oxidation sites excluding steroid dienone is 5. The molecule has 0 spiro atoms. The number of rotatable bonds is 1. The minimum absolute atomic E-state index is 0.731. The van der Waals surface area contributed by atoms with Crippen molar-refractivity contribution in [1.29, 1.82) is 0 Å². The van der Waals surface area contributed by atoms with Gasteiger partial charge in [0.05, 0.1) is 0 Å². The molecule has 0 unspecified atom stereocenters. The van der Waals surface area contributed by atoms with Crippen molar-refractivity contribution in [2.45, 2.75) is 17.7 Å². The summed E-state index contributed by atoms with van der Waals surface area (Å²) in [5.74, 6) is 0.731. The second-order valence-corrected chi connectivity index (χ2v) is 5.85. The first-order valence-electron chi connectivity index (χ1n) is 6.51. The molecule has 2 aromatic rings. The first-order valence-corrected chi connectivity index (χ1v) is 7.33. The van der Waals surface area contributed by atoms with Crippen LogP contribution in [0.4, 0.5) is 0 Å². The SMILES string of the molecule is C1=C2CC=C(c3nnn[nH]3)C=C2Sc2ccccc2C1. The van der Waals surface area contributed by atoms with Crippen LogP contribution < -0.4 is 0 Å². The van der Waals surface area contributed by atoms with Gasteiger partial charge >= 0.3 is 0 Å². The standard InChI is InChI=1S/C15H12N4S/c1-2-4-13-10(3-1)5-6-11-7-8-12(9-14(11)20-13)15-16-18-19-17-15/h1-4,6,8-9H,5,7H2,(H,16,17,18,19). The van der Waals surface area contributed by atoms with Crippen molar-refractivity contribution in [2.24, 2.45) is 0 Å². The summed E-state index contributed by atoms with van der Waals surface area (Å²) in [5.41, 5.74) is 3.85. The van der Waals surface area contributed by atoms with E-state index in [1.165, 1.54) is 20.9 Å². The normalized spacial score (nSPS) is 17.3. The molecule has 1 aromatic carbocycles. The Morgan fingerprint density at radius 1 is 1.10 bits per heavy atom. The lowest BCUT2D eigenvalue weighted by atomic mass is 9.99. The van der Waals surface area contributed by atoms with E-state index in [0.717, 1.165) is 24.2 Å². The van der Waals surface area contributed by atoms with Crippen molar-refractivity contribution < 1.29 is 0 Å². The lowest BCUT2D eigenvalue weighted by Gasteiger charge is -2.14. The van der Waals surface area contributed by atoms with Crippen LogP contribution in [-0.4, -0.2) is 20.6 Å². The molecule has 0 radical (unpaired) electrons. The highest BCUT2D eigenvalue weighted by molar-refractivity contribution is 8.03. The van der Waals surface area contributed by atoms with Gasteiger partial charge in [-0.2, -0.15) is 0 Å². The molecule has 20 heavy (non-hydrogen) atoms. The average molecular weight is 280 g/mol. The Labute approximate surface area is 120 Å². The maximum Gasteiger partial charge on any atom is 0.179 e. The van der Waals surface area contributed by atoms with Gasteiger partial charge in [-0.3, -0.25) is 0 Å². The molecular weight excluding hydrogens is 268 g/mol. The highest BCUT2D eigenvalue weighted by Gasteiger charge is 2.18. The summed E-state index contributed by atoms with van der Waals surface area (Å²) in [6.07, 6.45) is 8.61. The topological polar surface area (TPSA) is 54.5 Å². The Morgan fingerprint density at radius 3 is 2.95 bits per heavy atom. The molecule has 1 aliphatic carbocycles. The van der Waals surface area contributed by atoms with Gasteiger partial charge in [-0.25, -0.2) is 5.10 Å². The summed E-state index contributed by atoms with van der Waals surface area (Å²) in [7, 11) is 0. The van der Waals surface area contributed by atoms with E-state index in [0.29, 0.717) is 0 Å². The van der Waals surface area contributed by atoms with Gasteiger partial charge in [0.2, 0.25) is 0 Å². The van der Waals surface area contributed by atoms with Gasteiger partial charge in [-0.05, 0) is 46.5 Å². The number of aromatic amines is 1. The van der Waals surface area contributed by atoms with Crippen LogP contribution in [0.1, 0.15) is 17.8 Å². The number of hydrogen-bond donors (Lipinski definition) is 1. The third-order valence-electron chi connectivity index (χ3n) is 3.52. The number of aromatic nitrogens is 4. The lowest BCUT2D eigenvalue weighted by molar-refractivity contribution is 0.881. The summed E-state index contributed by atoms with van der Waals surface area (Å²) in [6, 6.07) is 8.58.